The van der Waals surface area contributed by atoms with E-state index in [2.05, 4.69) is 40.7 Å². The monoisotopic (exact) mass is 363 g/mol. The number of aromatic amines is 1. The Kier molecular flexibility index (Phi) is 5.60. The van der Waals surface area contributed by atoms with E-state index in [-0.39, 0.29) is 17.7 Å². The predicted octanol–water partition coefficient (Wildman–Crippen LogP) is 4.04. The normalized spacial score (nSPS) is 11.0. The van der Waals surface area contributed by atoms with Crippen LogP contribution in [0.3, 0.4) is 0 Å². The molecule has 3 rings (SSSR count). The second-order valence-corrected chi connectivity index (χ2v) is 7.09. The van der Waals surface area contributed by atoms with Crippen molar-refractivity contribution in [1.29, 1.82) is 0 Å². The van der Waals surface area contributed by atoms with Gasteiger partial charge in [0.05, 0.1) is 0 Å². The first-order valence-electron chi connectivity index (χ1n) is 9.20. The van der Waals surface area contributed by atoms with Crippen LogP contribution in [0.25, 0.3) is 10.9 Å². The van der Waals surface area contributed by atoms with Gasteiger partial charge in [-0.25, -0.2) is 0 Å². The standard InChI is InChI=1S/C22H25N3O2/c1-14(2)21(26)25-18-6-4-5-16(12-18)22(27)23-10-9-17-13-24-20-8-7-15(3)11-19(17)20/h4-8,11-14,24H,9-10H2,1-3H3,(H,23,27)(H,25,26). The Morgan fingerprint density at radius 2 is 1.93 bits per heavy atom. The Labute approximate surface area is 159 Å². The third-order valence-electron chi connectivity index (χ3n) is 4.52. The molecule has 0 bridgehead atoms. The minimum absolute atomic E-state index is 0.0674. The smallest absolute Gasteiger partial charge is 0.251 e. The quantitative estimate of drug-likeness (QED) is 0.618. The molecule has 3 aromatic rings. The average Bonchev–Trinajstić information content (AvgIpc) is 3.04. The highest BCUT2D eigenvalue weighted by molar-refractivity contribution is 5.97. The van der Waals surface area contributed by atoms with E-state index in [9.17, 15) is 9.59 Å². The fraction of sp³-hybridized carbons (Fsp3) is 0.273. The van der Waals surface area contributed by atoms with Crippen LogP contribution in [0.15, 0.2) is 48.7 Å². The molecule has 0 saturated heterocycles. The van der Waals surface area contributed by atoms with Crippen LogP contribution in [0.1, 0.15) is 35.3 Å². The molecular weight excluding hydrogens is 338 g/mol. The molecular formula is C22H25N3O2. The van der Waals surface area contributed by atoms with Crippen LogP contribution in [0.2, 0.25) is 0 Å². The maximum absolute atomic E-state index is 12.4. The molecule has 2 amide bonds. The van der Waals surface area contributed by atoms with Gasteiger partial charge in [-0.05, 0) is 49.2 Å². The van der Waals surface area contributed by atoms with Crippen molar-refractivity contribution in [3.05, 3.63) is 65.4 Å². The topological polar surface area (TPSA) is 74.0 Å². The number of rotatable bonds is 6. The van der Waals surface area contributed by atoms with E-state index >= 15 is 0 Å². The number of carbonyl (C=O) groups is 2. The van der Waals surface area contributed by atoms with Gasteiger partial charge in [0.25, 0.3) is 5.91 Å². The van der Waals surface area contributed by atoms with Gasteiger partial charge in [-0.2, -0.15) is 0 Å². The van der Waals surface area contributed by atoms with Gasteiger partial charge in [0, 0.05) is 40.8 Å². The van der Waals surface area contributed by atoms with Gasteiger partial charge in [0.15, 0.2) is 0 Å². The van der Waals surface area contributed by atoms with E-state index in [1.165, 1.54) is 16.5 Å². The van der Waals surface area contributed by atoms with Crippen molar-refractivity contribution in [2.45, 2.75) is 27.2 Å². The summed E-state index contributed by atoms with van der Waals surface area (Å²) in [5, 5.41) is 6.97. The molecule has 140 valence electrons. The van der Waals surface area contributed by atoms with Gasteiger partial charge in [0.1, 0.15) is 0 Å². The predicted molar refractivity (Wildman–Crippen MR) is 109 cm³/mol. The summed E-state index contributed by atoms with van der Waals surface area (Å²) < 4.78 is 0. The average molecular weight is 363 g/mol. The first kappa shape index (κ1) is 18.7. The molecule has 0 atom stereocenters. The molecule has 0 spiro atoms. The molecule has 0 saturated carbocycles. The Balaban J connectivity index is 1.60. The number of amides is 2. The number of H-pyrrole nitrogens is 1. The zero-order chi connectivity index (χ0) is 19.4. The number of aromatic nitrogens is 1. The minimum atomic E-state index is -0.147. The highest BCUT2D eigenvalue weighted by Crippen LogP contribution is 2.20. The number of aryl methyl sites for hydroxylation is 1. The highest BCUT2D eigenvalue weighted by Gasteiger charge is 2.10. The Morgan fingerprint density at radius 3 is 2.70 bits per heavy atom. The Hall–Kier alpha value is -3.08. The number of hydrogen-bond acceptors (Lipinski definition) is 2. The molecule has 5 nitrogen and oxygen atoms in total. The van der Waals surface area contributed by atoms with Crippen LogP contribution >= 0.6 is 0 Å². The van der Waals surface area contributed by atoms with E-state index in [1.807, 2.05) is 20.0 Å². The lowest BCUT2D eigenvalue weighted by Crippen LogP contribution is -2.26. The van der Waals surface area contributed by atoms with E-state index < -0.39 is 0 Å². The maximum atomic E-state index is 12.4. The number of carbonyl (C=O) groups excluding carboxylic acids is 2. The van der Waals surface area contributed by atoms with E-state index in [4.69, 9.17) is 0 Å². The zero-order valence-electron chi connectivity index (χ0n) is 15.9. The van der Waals surface area contributed by atoms with Crippen LogP contribution in [-0.2, 0) is 11.2 Å². The van der Waals surface area contributed by atoms with Crippen molar-refractivity contribution in [3.8, 4) is 0 Å². The first-order chi connectivity index (χ1) is 12.9. The molecule has 3 N–H and O–H groups in total. The Bertz CT molecular complexity index is 973. The summed E-state index contributed by atoms with van der Waals surface area (Å²) in [5.41, 5.74) is 4.68. The van der Waals surface area contributed by atoms with E-state index in [0.717, 1.165) is 11.9 Å². The fourth-order valence-corrected chi connectivity index (χ4v) is 2.94. The summed E-state index contributed by atoms with van der Waals surface area (Å²) >= 11 is 0. The molecule has 0 radical (unpaired) electrons. The molecule has 2 aromatic carbocycles. The minimum Gasteiger partial charge on any atom is -0.361 e. The number of benzene rings is 2. The summed E-state index contributed by atoms with van der Waals surface area (Å²) in [7, 11) is 0. The van der Waals surface area contributed by atoms with Crippen LogP contribution in [0.4, 0.5) is 5.69 Å². The molecule has 0 unspecified atom stereocenters. The van der Waals surface area contributed by atoms with Crippen LogP contribution in [0.5, 0.6) is 0 Å². The lowest BCUT2D eigenvalue weighted by Gasteiger charge is -2.10. The largest absolute Gasteiger partial charge is 0.361 e. The third-order valence-corrected chi connectivity index (χ3v) is 4.52. The van der Waals surface area contributed by atoms with Crippen molar-refractivity contribution in [1.82, 2.24) is 10.3 Å². The number of anilines is 1. The number of hydrogen-bond donors (Lipinski definition) is 3. The van der Waals surface area contributed by atoms with Crippen molar-refractivity contribution < 1.29 is 9.59 Å². The number of nitrogens with one attached hydrogen (secondary N) is 3. The summed E-state index contributed by atoms with van der Waals surface area (Å²) in [5.74, 6) is -0.323. The van der Waals surface area contributed by atoms with Gasteiger partial charge in [-0.3, -0.25) is 9.59 Å². The van der Waals surface area contributed by atoms with Gasteiger partial charge in [0.2, 0.25) is 5.91 Å². The summed E-state index contributed by atoms with van der Waals surface area (Å²) in [6.07, 6.45) is 2.75. The van der Waals surface area contributed by atoms with Crippen molar-refractivity contribution >= 4 is 28.4 Å². The van der Waals surface area contributed by atoms with Crippen LogP contribution in [-0.4, -0.2) is 23.3 Å². The van der Waals surface area contributed by atoms with E-state index in [1.54, 1.807) is 24.3 Å². The second-order valence-electron chi connectivity index (χ2n) is 7.09. The van der Waals surface area contributed by atoms with Gasteiger partial charge >= 0.3 is 0 Å². The Morgan fingerprint density at radius 1 is 1.11 bits per heavy atom. The van der Waals surface area contributed by atoms with Crippen LogP contribution in [0, 0.1) is 12.8 Å². The molecule has 0 fully saturated rings. The molecule has 0 aliphatic heterocycles. The maximum Gasteiger partial charge on any atom is 0.251 e. The highest BCUT2D eigenvalue weighted by atomic mass is 16.2. The lowest BCUT2D eigenvalue weighted by atomic mass is 10.1. The van der Waals surface area contributed by atoms with Gasteiger partial charge in [-0.1, -0.05) is 31.5 Å². The van der Waals surface area contributed by atoms with Crippen molar-refractivity contribution in [2.24, 2.45) is 5.92 Å². The van der Waals surface area contributed by atoms with Gasteiger partial charge in [-0.15, -0.1) is 0 Å². The summed E-state index contributed by atoms with van der Waals surface area (Å²) in [6, 6.07) is 13.3. The van der Waals surface area contributed by atoms with E-state index in [0.29, 0.717) is 17.8 Å². The summed E-state index contributed by atoms with van der Waals surface area (Å²) in [4.78, 5) is 27.5. The fourth-order valence-electron chi connectivity index (χ4n) is 2.94. The van der Waals surface area contributed by atoms with Crippen molar-refractivity contribution in [3.63, 3.8) is 0 Å². The summed E-state index contributed by atoms with van der Waals surface area (Å²) in [6.45, 7) is 6.28. The molecule has 1 aromatic heterocycles. The van der Waals surface area contributed by atoms with Gasteiger partial charge < -0.3 is 15.6 Å². The first-order valence-corrected chi connectivity index (χ1v) is 9.20. The number of fused-ring (bicyclic) bond motifs is 1. The molecule has 0 aliphatic carbocycles. The zero-order valence-corrected chi connectivity index (χ0v) is 15.9. The molecule has 1 heterocycles. The molecule has 27 heavy (non-hydrogen) atoms. The van der Waals surface area contributed by atoms with Crippen molar-refractivity contribution in [2.75, 3.05) is 11.9 Å². The third kappa shape index (κ3) is 4.56. The second kappa shape index (κ2) is 8.08. The molecule has 5 heteroatoms. The SMILES string of the molecule is Cc1ccc2[nH]cc(CCNC(=O)c3cccc(NC(=O)C(C)C)c3)c2c1. The molecule has 0 aliphatic rings. The van der Waals surface area contributed by atoms with Crippen LogP contribution < -0.4 is 10.6 Å². The lowest BCUT2D eigenvalue weighted by molar-refractivity contribution is -0.118.